The van der Waals surface area contributed by atoms with Gasteiger partial charge in [0.25, 0.3) is 0 Å². The Morgan fingerprint density at radius 1 is 1.43 bits per heavy atom. The molecule has 0 bridgehead atoms. The van der Waals surface area contributed by atoms with Crippen LogP contribution in [-0.2, 0) is 6.42 Å². The second-order valence-electron chi connectivity index (χ2n) is 4.23. The van der Waals surface area contributed by atoms with Gasteiger partial charge in [0.15, 0.2) is 0 Å². The molecule has 1 aromatic carbocycles. The first kappa shape index (κ1) is 11.5. The summed E-state index contributed by atoms with van der Waals surface area (Å²) in [4.78, 5) is 0. The molecule has 1 N–H and O–H groups in total. The van der Waals surface area contributed by atoms with Gasteiger partial charge in [-0.2, -0.15) is 0 Å². The lowest BCUT2D eigenvalue weighted by Gasteiger charge is -2.22. The minimum Gasteiger partial charge on any atom is -0.396 e. The summed E-state index contributed by atoms with van der Waals surface area (Å²) in [6.45, 7) is 3.88. The minimum atomic E-state index is -0.293. The zero-order chi connectivity index (χ0) is 10.8. The van der Waals surface area contributed by atoms with E-state index in [0.29, 0.717) is 11.4 Å². The quantitative estimate of drug-likeness (QED) is 0.824. The molecular formula is C11H14ClFO. The Kier molecular flexibility index (Phi) is 3.51. The minimum absolute atomic E-state index is 0.0554. The predicted molar refractivity (Wildman–Crippen MR) is 56.0 cm³/mol. The molecule has 1 aromatic rings. The Labute approximate surface area is 88.5 Å². The van der Waals surface area contributed by atoms with Crippen LogP contribution in [0.25, 0.3) is 0 Å². The molecule has 0 saturated heterocycles. The number of aliphatic hydroxyl groups is 1. The fraction of sp³-hybridized carbons (Fsp3) is 0.455. The summed E-state index contributed by atoms with van der Waals surface area (Å²) in [6, 6.07) is 4.29. The Bertz CT molecular complexity index is 323. The molecule has 78 valence electrons. The van der Waals surface area contributed by atoms with E-state index in [4.69, 9.17) is 16.7 Å². The fourth-order valence-electron chi connectivity index (χ4n) is 1.25. The summed E-state index contributed by atoms with van der Waals surface area (Å²) in [5, 5.41) is 9.63. The summed E-state index contributed by atoms with van der Waals surface area (Å²) in [5.74, 6) is -0.293. The molecule has 1 rings (SSSR count). The van der Waals surface area contributed by atoms with Crippen molar-refractivity contribution in [2.24, 2.45) is 5.41 Å². The molecule has 0 atom stereocenters. The molecule has 0 aliphatic rings. The maximum atomic E-state index is 12.9. The van der Waals surface area contributed by atoms with Crippen LogP contribution in [0.2, 0.25) is 5.02 Å². The molecule has 0 fully saturated rings. The molecule has 14 heavy (non-hydrogen) atoms. The van der Waals surface area contributed by atoms with Crippen molar-refractivity contribution >= 4 is 11.6 Å². The first-order valence-corrected chi connectivity index (χ1v) is 4.87. The molecule has 0 aromatic heterocycles. The van der Waals surface area contributed by atoms with Crippen molar-refractivity contribution in [1.29, 1.82) is 0 Å². The third-order valence-corrected chi connectivity index (χ3v) is 2.47. The number of aliphatic hydroxyl groups excluding tert-OH is 1. The zero-order valence-corrected chi connectivity index (χ0v) is 9.11. The molecule has 0 saturated carbocycles. The lowest BCUT2D eigenvalue weighted by Crippen LogP contribution is -2.20. The van der Waals surface area contributed by atoms with Crippen molar-refractivity contribution < 1.29 is 9.50 Å². The maximum absolute atomic E-state index is 12.9. The summed E-state index contributed by atoms with van der Waals surface area (Å²) >= 11 is 5.91. The average molecular weight is 217 g/mol. The number of benzene rings is 1. The van der Waals surface area contributed by atoms with Crippen LogP contribution in [-0.4, -0.2) is 11.7 Å². The smallest absolute Gasteiger partial charge is 0.123 e. The molecule has 0 aliphatic carbocycles. The SMILES string of the molecule is CC(C)(CO)Cc1cc(F)ccc1Cl. The lowest BCUT2D eigenvalue weighted by atomic mass is 9.87. The van der Waals surface area contributed by atoms with E-state index >= 15 is 0 Å². The van der Waals surface area contributed by atoms with Crippen LogP contribution in [0.1, 0.15) is 19.4 Å². The molecule has 3 heteroatoms. The topological polar surface area (TPSA) is 20.2 Å². The highest BCUT2D eigenvalue weighted by atomic mass is 35.5. The van der Waals surface area contributed by atoms with Gasteiger partial charge in [-0.25, -0.2) is 4.39 Å². The fourth-order valence-corrected chi connectivity index (χ4v) is 1.43. The first-order chi connectivity index (χ1) is 6.44. The average Bonchev–Trinajstić information content (AvgIpc) is 2.11. The van der Waals surface area contributed by atoms with Gasteiger partial charge < -0.3 is 5.11 Å². The normalized spacial score (nSPS) is 11.8. The van der Waals surface area contributed by atoms with E-state index in [2.05, 4.69) is 0 Å². The lowest BCUT2D eigenvalue weighted by molar-refractivity contribution is 0.159. The second-order valence-corrected chi connectivity index (χ2v) is 4.64. The van der Waals surface area contributed by atoms with E-state index in [1.165, 1.54) is 12.1 Å². The van der Waals surface area contributed by atoms with Gasteiger partial charge in [-0.3, -0.25) is 0 Å². The van der Waals surface area contributed by atoms with Gasteiger partial charge in [0.2, 0.25) is 0 Å². The highest BCUT2D eigenvalue weighted by Crippen LogP contribution is 2.26. The maximum Gasteiger partial charge on any atom is 0.123 e. The van der Waals surface area contributed by atoms with Crippen molar-refractivity contribution in [3.05, 3.63) is 34.6 Å². The second kappa shape index (κ2) is 4.28. The summed E-state index contributed by atoms with van der Waals surface area (Å²) < 4.78 is 12.9. The zero-order valence-electron chi connectivity index (χ0n) is 8.35. The standard InChI is InChI=1S/C11H14ClFO/c1-11(2,7-14)6-8-5-9(13)3-4-10(8)12/h3-5,14H,6-7H2,1-2H3. The van der Waals surface area contributed by atoms with Crippen molar-refractivity contribution in [2.75, 3.05) is 6.61 Å². The Balaban J connectivity index is 2.91. The summed E-state index contributed by atoms with van der Waals surface area (Å²) in [7, 11) is 0. The van der Waals surface area contributed by atoms with Crippen LogP contribution in [0, 0.1) is 11.2 Å². The van der Waals surface area contributed by atoms with E-state index in [1.807, 2.05) is 13.8 Å². The van der Waals surface area contributed by atoms with E-state index in [-0.39, 0.29) is 17.8 Å². The molecule has 1 nitrogen and oxygen atoms in total. The summed E-state index contributed by atoms with van der Waals surface area (Å²) in [5.41, 5.74) is 0.475. The third-order valence-electron chi connectivity index (χ3n) is 2.10. The van der Waals surface area contributed by atoms with Crippen molar-refractivity contribution in [1.82, 2.24) is 0 Å². The van der Waals surface area contributed by atoms with Gasteiger partial charge in [-0.05, 0) is 35.6 Å². The van der Waals surface area contributed by atoms with E-state index in [9.17, 15) is 4.39 Å². The highest BCUT2D eigenvalue weighted by molar-refractivity contribution is 6.31. The monoisotopic (exact) mass is 216 g/mol. The van der Waals surface area contributed by atoms with Crippen LogP contribution in [0.5, 0.6) is 0 Å². The number of halogens is 2. The van der Waals surface area contributed by atoms with Gasteiger partial charge in [0.1, 0.15) is 5.82 Å². The summed E-state index contributed by atoms with van der Waals surface area (Å²) in [6.07, 6.45) is 0.570. The Morgan fingerprint density at radius 2 is 2.07 bits per heavy atom. The van der Waals surface area contributed by atoms with Gasteiger partial charge >= 0.3 is 0 Å². The molecule has 0 aliphatic heterocycles. The van der Waals surface area contributed by atoms with Crippen LogP contribution < -0.4 is 0 Å². The number of rotatable bonds is 3. The van der Waals surface area contributed by atoms with E-state index in [1.54, 1.807) is 6.07 Å². The van der Waals surface area contributed by atoms with Gasteiger partial charge in [0, 0.05) is 11.6 Å². The van der Waals surface area contributed by atoms with Crippen LogP contribution >= 0.6 is 11.6 Å². The first-order valence-electron chi connectivity index (χ1n) is 4.49. The van der Waals surface area contributed by atoms with Gasteiger partial charge in [0.05, 0.1) is 0 Å². The van der Waals surface area contributed by atoms with Crippen LogP contribution in [0.15, 0.2) is 18.2 Å². The molecule has 0 heterocycles. The number of hydrogen-bond donors (Lipinski definition) is 1. The largest absolute Gasteiger partial charge is 0.396 e. The molecule has 0 unspecified atom stereocenters. The predicted octanol–water partition coefficient (Wildman–Crippen LogP) is 3.04. The van der Waals surface area contributed by atoms with Crippen molar-refractivity contribution in [3.8, 4) is 0 Å². The van der Waals surface area contributed by atoms with Gasteiger partial charge in [-0.15, -0.1) is 0 Å². The van der Waals surface area contributed by atoms with Crippen LogP contribution in [0.4, 0.5) is 4.39 Å². The highest BCUT2D eigenvalue weighted by Gasteiger charge is 2.18. The van der Waals surface area contributed by atoms with Crippen LogP contribution in [0.3, 0.4) is 0 Å². The van der Waals surface area contributed by atoms with E-state index < -0.39 is 0 Å². The molecule has 0 radical (unpaired) electrons. The molecule has 0 spiro atoms. The third kappa shape index (κ3) is 2.96. The molecular weight excluding hydrogens is 203 g/mol. The van der Waals surface area contributed by atoms with Crippen molar-refractivity contribution in [3.63, 3.8) is 0 Å². The van der Waals surface area contributed by atoms with Crippen molar-refractivity contribution in [2.45, 2.75) is 20.3 Å². The van der Waals surface area contributed by atoms with E-state index in [0.717, 1.165) is 5.56 Å². The number of hydrogen-bond acceptors (Lipinski definition) is 1. The Hall–Kier alpha value is -0.600. The van der Waals surface area contributed by atoms with Gasteiger partial charge in [-0.1, -0.05) is 25.4 Å². The molecule has 0 amide bonds. The Morgan fingerprint density at radius 3 is 2.64 bits per heavy atom.